The Morgan fingerprint density at radius 2 is 1.88 bits per heavy atom. The number of amides is 1. The van der Waals surface area contributed by atoms with Crippen LogP contribution in [0.4, 0.5) is 0 Å². The minimum absolute atomic E-state index is 0.280. The largest absolute Gasteiger partial charge is 0.342 e. The van der Waals surface area contributed by atoms with Crippen molar-refractivity contribution in [3.63, 3.8) is 0 Å². The highest BCUT2D eigenvalue weighted by molar-refractivity contribution is 5.78. The van der Waals surface area contributed by atoms with E-state index in [1.807, 2.05) is 19.0 Å². The van der Waals surface area contributed by atoms with Gasteiger partial charge in [-0.1, -0.05) is 37.3 Å². The molecule has 2 aliphatic rings. The van der Waals surface area contributed by atoms with Gasteiger partial charge in [-0.2, -0.15) is 0 Å². The summed E-state index contributed by atoms with van der Waals surface area (Å²) in [6, 6.07) is 11.0. The van der Waals surface area contributed by atoms with E-state index in [1.54, 1.807) is 0 Å². The predicted octanol–water partition coefficient (Wildman–Crippen LogP) is 2.67. The Kier molecular flexibility index (Phi) is 5.80. The van der Waals surface area contributed by atoms with Crippen LogP contribution in [0.2, 0.25) is 0 Å². The third-order valence-electron chi connectivity index (χ3n) is 6.06. The van der Waals surface area contributed by atoms with Crippen molar-refractivity contribution in [2.24, 2.45) is 5.41 Å². The molecule has 1 aromatic carbocycles. The van der Waals surface area contributed by atoms with Crippen molar-refractivity contribution < 1.29 is 4.79 Å². The van der Waals surface area contributed by atoms with Gasteiger partial charge in [-0.15, -0.1) is 0 Å². The fourth-order valence-electron chi connectivity index (χ4n) is 4.65. The number of hydrogen-bond acceptors (Lipinski definition) is 3. The Labute approximate surface area is 152 Å². The second-order valence-electron chi connectivity index (χ2n) is 8.26. The molecule has 25 heavy (non-hydrogen) atoms. The number of nitrogens with zero attached hydrogens (tertiary/aromatic N) is 3. The molecular formula is C21H33N3O. The summed E-state index contributed by atoms with van der Waals surface area (Å²) in [5.74, 6) is 0.904. The molecule has 4 heteroatoms. The Balaban J connectivity index is 1.68. The maximum absolute atomic E-state index is 12.4. The van der Waals surface area contributed by atoms with Crippen LogP contribution in [-0.4, -0.2) is 74.0 Å². The molecular weight excluding hydrogens is 310 g/mol. The van der Waals surface area contributed by atoms with E-state index in [0.717, 1.165) is 32.5 Å². The van der Waals surface area contributed by atoms with E-state index in [0.29, 0.717) is 17.9 Å². The number of rotatable bonds is 4. The second-order valence-corrected chi connectivity index (χ2v) is 8.26. The summed E-state index contributed by atoms with van der Waals surface area (Å²) in [6.45, 7) is 8.14. The number of carbonyl (C=O) groups is 1. The zero-order valence-corrected chi connectivity index (χ0v) is 16.1. The van der Waals surface area contributed by atoms with Gasteiger partial charge in [0.15, 0.2) is 0 Å². The quantitative estimate of drug-likeness (QED) is 0.841. The van der Waals surface area contributed by atoms with Crippen LogP contribution in [0.15, 0.2) is 30.3 Å². The van der Waals surface area contributed by atoms with E-state index in [9.17, 15) is 4.79 Å². The molecule has 3 rings (SSSR count). The Morgan fingerprint density at radius 1 is 1.20 bits per heavy atom. The molecule has 2 heterocycles. The van der Waals surface area contributed by atoms with E-state index < -0.39 is 0 Å². The van der Waals surface area contributed by atoms with Crippen LogP contribution in [0, 0.1) is 5.41 Å². The van der Waals surface area contributed by atoms with Gasteiger partial charge < -0.3 is 14.7 Å². The molecule has 1 atom stereocenters. The summed E-state index contributed by atoms with van der Waals surface area (Å²) in [4.78, 5) is 19.0. The molecule has 0 unspecified atom stereocenters. The first-order valence-corrected chi connectivity index (χ1v) is 9.71. The maximum atomic E-state index is 12.4. The first kappa shape index (κ1) is 18.4. The van der Waals surface area contributed by atoms with Crippen molar-refractivity contribution in [1.29, 1.82) is 0 Å². The number of likely N-dealkylation sites (N-methyl/N-ethyl adjacent to an activating group) is 2. The molecule has 1 aromatic rings. The summed E-state index contributed by atoms with van der Waals surface area (Å²) < 4.78 is 0. The van der Waals surface area contributed by atoms with Crippen molar-refractivity contribution in [2.45, 2.75) is 32.1 Å². The zero-order chi connectivity index (χ0) is 17.9. The molecule has 138 valence electrons. The number of carbonyl (C=O) groups excluding carboxylic acids is 1. The van der Waals surface area contributed by atoms with Crippen LogP contribution >= 0.6 is 0 Å². The lowest BCUT2D eigenvalue weighted by Gasteiger charge is -2.50. The number of likely N-dealkylation sites (tertiary alicyclic amines) is 2. The lowest BCUT2D eigenvalue weighted by atomic mass is 9.68. The van der Waals surface area contributed by atoms with Gasteiger partial charge in [0.05, 0.1) is 6.54 Å². The Morgan fingerprint density at radius 3 is 2.48 bits per heavy atom. The summed E-state index contributed by atoms with van der Waals surface area (Å²) in [6.07, 6.45) is 3.56. The van der Waals surface area contributed by atoms with Crippen LogP contribution in [0.1, 0.15) is 37.7 Å². The van der Waals surface area contributed by atoms with Crippen molar-refractivity contribution >= 4 is 5.91 Å². The SMILES string of the molecule is CCN1C[C@H](c2ccccc2)CC2(CCN(C(=O)CN(C)C)CC2)C1. The zero-order valence-electron chi connectivity index (χ0n) is 16.1. The average molecular weight is 344 g/mol. The van der Waals surface area contributed by atoms with Gasteiger partial charge in [0.25, 0.3) is 0 Å². The molecule has 1 spiro atoms. The molecule has 0 aliphatic carbocycles. The van der Waals surface area contributed by atoms with Crippen LogP contribution in [0.3, 0.4) is 0 Å². The number of benzene rings is 1. The van der Waals surface area contributed by atoms with Gasteiger partial charge in [-0.05, 0) is 56.8 Å². The average Bonchev–Trinajstić information content (AvgIpc) is 2.62. The van der Waals surface area contributed by atoms with Crippen molar-refractivity contribution in [3.05, 3.63) is 35.9 Å². The van der Waals surface area contributed by atoms with Crippen molar-refractivity contribution in [2.75, 3.05) is 53.4 Å². The first-order chi connectivity index (χ1) is 12.0. The number of hydrogen-bond donors (Lipinski definition) is 0. The third kappa shape index (κ3) is 4.42. The summed E-state index contributed by atoms with van der Waals surface area (Å²) in [5, 5.41) is 0. The second kappa shape index (κ2) is 7.88. The molecule has 2 aliphatic heterocycles. The van der Waals surface area contributed by atoms with Gasteiger partial charge in [-0.3, -0.25) is 4.79 Å². The van der Waals surface area contributed by atoms with Crippen LogP contribution < -0.4 is 0 Å². The van der Waals surface area contributed by atoms with E-state index in [-0.39, 0.29) is 5.91 Å². The fraction of sp³-hybridized carbons (Fsp3) is 0.667. The van der Waals surface area contributed by atoms with Crippen LogP contribution in [0.25, 0.3) is 0 Å². The minimum Gasteiger partial charge on any atom is -0.342 e. The molecule has 1 amide bonds. The summed E-state index contributed by atoms with van der Waals surface area (Å²) in [7, 11) is 3.93. The molecule has 0 aromatic heterocycles. The molecule has 0 saturated carbocycles. The molecule has 0 N–H and O–H groups in total. The highest BCUT2D eigenvalue weighted by Gasteiger charge is 2.42. The van der Waals surface area contributed by atoms with Gasteiger partial charge >= 0.3 is 0 Å². The molecule has 2 saturated heterocycles. The molecule has 0 bridgehead atoms. The normalized spacial score (nSPS) is 24.0. The van der Waals surface area contributed by atoms with Gasteiger partial charge in [0, 0.05) is 26.2 Å². The Hall–Kier alpha value is -1.39. The predicted molar refractivity (Wildman–Crippen MR) is 103 cm³/mol. The van der Waals surface area contributed by atoms with E-state index in [2.05, 4.69) is 47.1 Å². The van der Waals surface area contributed by atoms with Gasteiger partial charge in [0.2, 0.25) is 5.91 Å². The lowest BCUT2D eigenvalue weighted by Crippen LogP contribution is -2.53. The van der Waals surface area contributed by atoms with Crippen molar-refractivity contribution in [3.8, 4) is 0 Å². The summed E-state index contributed by atoms with van der Waals surface area (Å²) >= 11 is 0. The van der Waals surface area contributed by atoms with E-state index in [1.165, 1.54) is 25.1 Å². The minimum atomic E-state index is 0.280. The maximum Gasteiger partial charge on any atom is 0.236 e. The smallest absolute Gasteiger partial charge is 0.236 e. The third-order valence-corrected chi connectivity index (χ3v) is 6.06. The van der Waals surface area contributed by atoms with Crippen LogP contribution in [0.5, 0.6) is 0 Å². The standard InChI is InChI=1S/C21H33N3O/c1-4-23-15-19(18-8-6-5-7-9-18)14-21(17-23)10-12-24(13-11-21)20(25)16-22(2)3/h5-9,19H,4,10-17H2,1-3H3/t19-/m1/s1. The Bertz CT molecular complexity index is 564. The van der Waals surface area contributed by atoms with Crippen LogP contribution in [-0.2, 0) is 4.79 Å². The first-order valence-electron chi connectivity index (χ1n) is 9.71. The van der Waals surface area contributed by atoms with E-state index in [4.69, 9.17) is 0 Å². The lowest BCUT2D eigenvalue weighted by molar-refractivity contribution is -0.135. The molecule has 4 nitrogen and oxygen atoms in total. The van der Waals surface area contributed by atoms with E-state index >= 15 is 0 Å². The monoisotopic (exact) mass is 343 g/mol. The molecule has 2 fully saturated rings. The number of piperidine rings is 2. The highest BCUT2D eigenvalue weighted by Crippen LogP contribution is 2.45. The summed E-state index contributed by atoms with van der Waals surface area (Å²) in [5.41, 5.74) is 1.86. The van der Waals surface area contributed by atoms with Gasteiger partial charge in [0.1, 0.15) is 0 Å². The van der Waals surface area contributed by atoms with Crippen molar-refractivity contribution in [1.82, 2.24) is 14.7 Å². The highest BCUT2D eigenvalue weighted by atomic mass is 16.2. The van der Waals surface area contributed by atoms with Gasteiger partial charge in [-0.25, -0.2) is 0 Å². The fourth-order valence-corrected chi connectivity index (χ4v) is 4.65. The molecule has 0 radical (unpaired) electrons. The topological polar surface area (TPSA) is 26.8 Å².